The van der Waals surface area contributed by atoms with Crippen molar-refractivity contribution < 1.29 is 4.92 Å². The molecule has 92 valence electrons. The van der Waals surface area contributed by atoms with Gasteiger partial charge in [-0.1, -0.05) is 13.8 Å². The second-order valence-electron chi connectivity index (χ2n) is 4.86. The fraction of sp³-hybridized carbons (Fsp3) is 0.500. The van der Waals surface area contributed by atoms with Gasteiger partial charge in [0.05, 0.1) is 16.3 Å². The van der Waals surface area contributed by atoms with E-state index in [1.165, 1.54) is 12.1 Å². The number of rotatable bonds is 2. The Bertz CT molecular complexity index is 437. The van der Waals surface area contributed by atoms with Crippen molar-refractivity contribution >= 4 is 17.1 Å². The van der Waals surface area contributed by atoms with E-state index in [-0.39, 0.29) is 5.69 Å². The molecular formula is C12H17N3O2. The monoisotopic (exact) mass is 235 g/mol. The molecule has 1 aliphatic rings. The van der Waals surface area contributed by atoms with Crippen LogP contribution in [0.25, 0.3) is 0 Å². The quantitative estimate of drug-likeness (QED) is 0.485. The highest BCUT2D eigenvalue weighted by Gasteiger charge is 2.27. The standard InChI is InChI=1S/C12H17N3O2/c1-8-6-14(7-9(8)2)12-4-3-10(15(16)17)5-11(12)13/h3-5,8-9H,6-7,13H2,1-2H3. The minimum absolute atomic E-state index is 0.0477. The largest absolute Gasteiger partial charge is 0.397 e. The summed E-state index contributed by atoms with van der Waals surface area (Å²) in [5, 5.41) is 10.6. The van der Waals surface area contributed by atoms with E-state index >= 15 is 0 Å². The van der Waals surface area contributed by atoms with Crippen LogP contribution in [-0.2, 0) is 0 Å². The van der Waals surface area contributed by atoms with Gasteiger partial charge < -0.3 is 10.6 Å². The van der Waals surface area contributed by atoms with Gasteiger partial charge in [-0.25, -0.2) is 0 Å². The summed E-state index contributed by atoms with van der Waals surface area (Å²) in [6, 6.07) is 4.70. The molecule has 1 aromatic rings. The maximum Gasteiger partial charge on any atom is 0.271 e. The Balaban J connectivity index is 2.26. The minimum Gasteiger partial charge on any atom is -0.397 e. The number of hydrogen-bond acceptors (Lipinski definition) is 4. The molecule has 2 N–H and O–H groups in total. The van der Waals surface area contributed by atoms with Crippen molar-refractivity contribution in [3.8, 4) is 0 Å². The average molecular weight is 235 g/mol. The van der Waals surface area contributed by atoms with Crippen LogP contribution >= 0.6 is 0 Å². The zero-order valence-electron chi connectivity index (χ0n) is 10.1. The zero-order chi connectivity index (χ0) is 12.6. The Hall–Kier alpha value is -1.78. The highest BCUT2D eigenvalue weighted by Crippen LogP contribution is 2.33. The molecule has 0 amide bonds. The lowest BCUT2D eigenvalue weighted by Gasteiger charge is -2.20. The van der Waals surface area contributed by atoms with E-state index in [9.17, 15) is 10.1 Å². The molecule has 1 fully saturated rings. The highest BCUT2D eigenvalue weighted by atomic mass is 16.6. The molecule has 17 heavy (non-hydrogen) atoms. The second-order valence-corrected chi connectivity index (χ2v) is 4.86. The molecule has 1 heterocycles. The Labute approximate surface area is 100 Å². The molecule has 2 rings (SSSR count). The zero-order valence-corrected chi connectivity index (χ0v) is 10.1. The summed E-state index contributed by atoms with van der Waals surface area (Å²) < 4.78 is 0. The van der Waals surface area contributed by atoms with E-state index in [1.54, 1.807) is 6.07 Å². The molecule has 2 unspecified atom stereocenters. The van der Waals surface area contributed by atoms with Crippen LogP contribution in [0.4, 0.5) is 17.1 Å². The van der Waals surface area contributed by atoms with Gasteiger partial charge in [-0.2, -0.15) is 0 Å². The van der Waals surface area contributed by atoms with E-state index in [4.69, 9.17) is 5.73 Å². The smallest absolute Gasteiger partial charge is 0.271 e. The molecular weight excluding hydrogens is 218 g/mol. The van der Waals surface area contributed by atoms with Gasteiger partial charge in [0.2, 0.25) is 0 Å². The third kappa shape index (κ3) is 2.18. The predicted molar refractivity (Wildman–Crippen MR) is 68.0 cm³/mol. The molecule has 2 atom stereocenters. The van der Waals surface area contributed by atoms with E-state index in [0.29, 0.717) is 17.5 Å². The molecule has 1 saturated heterocycles. The third-order valence-corrected chi connectivity index (χ3v) is 3.55. The Kier molecular flexibility index (Phi) is 2.92. The van der Waals surface area contributed by atoms with Crippen molar-refractivity contribution in [2.75, 3.05) is 23.7 Å². The van der Waals surface area contributed by atoms with Crippen LogP contribution in [0.15, 0.2) is 18.2 Å². The summed E-state index contributed by atoms with van der Waals surface area (Å²) in [5.74, 6) is 1.26. The van der Waals surface area contributed by atoms with Crippen molar-refractivity contribution in [2.45, 2.75) is 13.8 Å². The van der Waals surface area contributed by atoms with Crippen LogP contribution in [0.2, 0.25) is 0 Å². The fourth-order valence-corrected chi connectivity index (χ4v) is 2.27. The van der Waals surface area contributed by atoms with Crippen LogP contribution in [0, 0.1) is 22.0 Å². The molecule has 5 nitrogen and oxygen atoms in total. The number of nitro benzene ring substituents is 1. The Morgan fingerprint density at radius 1 is 1.35 bits per heavy atom. The summed E-state index contributed by atoms with van der Waals surface area (Å²) in [4.78, 5) is 12.4. The van der Waals surface area contributed by atoms with Crippen LogP contribution in [0.3, 0.4) is 0 Å². The summed E-state index contributed by atoms with van der Waals surface area (Å²) in [6.45, 7) is 6.35. The fourth-order valence-electron chi connectivity index (χ4n) is 2.27. The normalized spacial score (nSPS) is 24.0. The Morgan fingerprint density at radius 3 is 2.41 bits per heavy atom. The number of nitrogens with zero attached hydrogens (tertiary/aromatic N) is 2. The molecule has 0 bridgehead atoms. The SMILES string of the molecule is CC1CN(c2ccc([N+](=O)[O-])cc2N)CC1C. The maximum absolute atomic E-state index is 10.6. The summed E-state index contributed by atoms with van der Waals surface area (Å²) in [6.07, 6.45) is 0. The predicted octanol–water partition coefficient (Wildman–Crippen LogP) is 2.27. The summed E-state index contributed by atoms with van der Waals surface area (Å²) in [5.41, 5.74) is 7.33. The molecule has 5 heteroatoms. The number of nitrogen functional groups attached to an aromatic ring is 1. The lowest BCUT2D eigenvalue weighted by Crippen LogP contribution is -2.20. The second kappa shape index (κ2) is 4.24. The van der Waals surface area contributed by atoms with Gasteiger partial charge in [0, 0.05) is 25.2 Å². The topological polar surface area (TPSA) is 72.4 Å². The molecule has 0 aromatic heterocycles. The minimum atomic E-state index is -0.421. The Morgan fingerprint density at radius 2 is 1.94 bits per heavy atom. The van der Waals surface area contributed by atoms with Gasteiger partial charge in [0.25, 0.3) is 5.69 Å². The lowest BCUT2D eigenvalue weighted by molar-refractivity contribution is -0.384. The van der Waals surface area contributed by atoms with E-state index in [2.05, 4.69) is 18.7 Å². The molecule has 0 radical (unpaired) electrons. The third-order valence-electron chi connectivity index (χ3n) is 3.55. The number of hydrogen-bond donors (Lipinski definition) is 1. The number of nitrogens with two attached hydrogens (primary N) is 1. The van der Waals surface area contributed by atoms with Gasteiger partial charge in [0.1, 0.15) is 0 Å². The number of anilines is 2. The van der Waals surface area contributed by atoms with Crippen LogP contribution in [0.5, 0.6) is 0 Å². The molecule has 0 aliphatic carbocycles. The van der Waals surface area contributed by atoms with Crippen LogP contribution < -0.4 is 10.6 Å². The van der Waals surface area contributed by atoms with E-state index < -0.39 is 4.92 Å². The first-order valence-electron chi connectivity index (χ1n) is 5.78. The summed E-state index contributed by atoms with van der Waals surface area (Å²) >= 11 is 0. The van der Waals surface area contributed by atoms with Crippen molar-refractivity contribution in [3.63, 3.8) is 0 Å². The molecule has 1 aliphatic heterocycles. The van der Waals surface area contributed by atoms with Crippen LogP contribution in [-0.4, -0.2) is 18.0 Å². The van der Waals surface area contributed by atoms with Gasteiger partial charge in [0.15, 0.2) is 0 Å². The van der Waals surface area contributed by atoms with Crippen molar-refractivity contribution in [1.82, 2.24) is 0 Å². The first-order chi connectivity index (χ1) is 7.99. The number of non-ortho nitro benzene ring substituents is 1. The highest BCUT2D eigenvalue weighted by molar-refractivity contribution is 5.71. The molecule has 0 spiro atoms. The first-order valence-corrected chi connectivity index (χ1v) is 5.78. The van der Waals surface area contributed by atoms with Gasteiger partial charge >= 0.3 is 0 Å². The van der Waals surface area contributed by atoms with E-state index in [1.807, 2.05) is 0 Å². The van der Waals surface area contributed by atoms with Crippen molar-refractivity contribution in [3.05, 3.63) is 28.3 Å². The van der Waals surface area contributed by atoms with Gasteiger partial charge in [-0.15, -0.1) is 0 Å². The van der Waals surface area contributed by atoms with E-state index in [0.717, 1.165) is 18.8 Å². The van der Waals surface area contributed by atoms with Crippen molar-refractivity contribution in [1.29, 1.82) is 0 Å². The first kappa shape index (κ1) is 11.7. The maximum atomic E-state index is 10.6. The molecule has 0 saturated carbocycles. The average Bonchev–Trinajstić information content (AvgIpc) is 2.58. The lowest BCUT2D eigenvalue weighted by atomic mass is 10.0. The molecule has 1 aromatic carbocycles. The number of benzene rings is 1. The van der Waals surface area contributed by atoms with Gasteiger partial charge in [-0.3, -0.25) is 10.1 Å². The summed E-state index contributed by atoms with van der Waals surface area (Å²) in [7, 11) is 0. The van der Waals surface area contributed by atoms with Gasteiger partial charge in [-0.05, 0) is 17.9 Å². The number of nitro groups is 1. The van der Waals surface area contributed by atoms with Crippen molar-refractivity contribution in [2.24, 2.45) is 11.8 Å². The van der Waals surface area contributed by atoms with Crippen LogP contribution in [0.1, 0.15) is 13.8 Å².